The molecule has 3 aromatic carbocycles. The molecule has 9 nitrogen and oxygen atoms in total. The van der Waals surface area contributed by atoms with Crippen molar-refractivity contribution in [2.24, 2.45) is 4.99 Å². The van der Waals surface area contributed by atoms with Crippen molar-refractivity contribution < 1.29 is 19.6 Å². The number of hydrogen-bond donors (Lipinski definition) is 1. The Labute approximate surface area is 253 Å². The predicted molar refractivity (Wildman–Crippen MR) is 164 cm³/mol. The monoisotopic (exact) mass is 647 g/mol. The third-order valence-electron chi connectivity index (χ3n) is 6.87. The normalized spacial score (nSPS) is 15.0. The summed E-state index contributed by atoms with van der Waals surface area (Å²) in [5, 5.41) is 22.1. The predicted octanol–water partition coefficient (Wildman–Crippen LogP) is 5.44. The van der Waals surface area contributed by atoms with E-state index in [2.05, 4.69) is 29.8 Å². The van der Waals surface area contributed by atoms with E-state index in [1.807, 2.05) is 54.6 Å². The number of nitro groups is 1. The number of phenols is 1. The summed E-state index contributed by atoms with van der Waals surface area (Å²) in [6, 6.07) is 18.5. The van der Waals surface area contributed by atoms with Gasteiger partial charge in [-0.05, 0) is 46.0 Å². The SMILES string of the molecule is CCOC(=O)C1=C(c2ccccc2)N=c2s/c(=C\c3cc([N+](=O)[O-])cc(Br)c3O)c(=O)n2[C@@H]1c1ccc(C(C)C)cc1. The molecule has 4 aromatic rings. The summed E-state index contributed by atoms with van der Waals surface area (Å²) in [4.78, 5) is 43.6. The number of nitrogens with zero attached hydrogens (tertiary/aromatic N) is 3. The summed E-state index contributed by atoms with van der Waals surface area (Å²) >= 11 is 4.21. The van der Waals surface area contributed by atoms with Gasteiger partial charge in [-0.2, -0.15) is 0 Å². The molecule has 0 unspecified atom stereocenters. The number of fused-ring (bicyclic) bond motifs is 1. The Morgan fingerprint density at radius 2 is 1.88 bits per heavy atom. The molecule has 5 rings (SSSR count). The van der Waals surface area contributed by atoms with Crippen LogP contribution in [-0.2, 0) is 9.53 Å². The van der Waals surface area contributed by atoms with E-state index in [1.165, 1.54) is 22.8 Å². The third-order valence-corrected chi connectivity index (χ3v) is 8.46. The minimum atomic E-state index is -0.857. The number of carbonyl (C=O) groups excluding carboxylic acids is 1. The lowest BCUT2D eigenvalue weighted by Crippen LogP contribution is -2.40. The van der Waals surface area contributed by atoms with E-state index < -0.39 is 22.5 Å². The molecule has 2 heterocycles. The zero-order valence-corrected chi connectivity index (χ0v) is 25.3. The topological polar surface area (TPSA) is 124 Å². The highest BCUT2D eigenvalue weighted by Crippen LogP contribution is 2.36. The van der Waals surface area contributed by atoms with E-state index in [0.29, 0.717) is 21.6 Å². The van der Waals surface area contributed by atoms with Gasteiger partial charge in [0.1, 0.15) is 5.75 Å². The molecule has 1 aliphatic rings. The number of benzene rings is 3. The molecule has 1 aromatic heterocycles. The van der Waals surface area contributed by atoms with Crippen LogP contribution in [0.3, 0.4) is 0 Å². The first-order valence-corrected chi connectivity index (χ1v) is 14.8. The van der Waals surface area contributed by atoms with Crippen LogP contribution in [0, 0.1) is 10.1 Å². The number of hydrogen-bond acceptors (Lipinski definition) is 8. The summed E-state index contributed by atoms with van der Waals surface area (Å²) < 4.78 is 7.24. The molecule has 1 aliphatic heterocycles. The maximum atomic E-state index is 14.0. The fourth-order valence-corrected chi connectivity index (χ4v) is 6.24. The number of carbonyl (C=O) groups is 1. The Hall–Kier alpha value is -4.35. The zero-order valence-electron chi connectivity index (χ0n) is 22.9. The highest BCUT2D eigenvalue weighted by atomic mass is 79.9. The number of halogens is 1. The van der Waals surface area contributed by atoms with Crippen LogP contribution < -0.4 is 14.9 Å². The lowest BCUT2D eigenvalue weighted by molar-refractivity contribution is -0.385. The van der Waals surface area contributed by atoms with Crippen LogP contribution in [0.4, 0.5) is 5.69 Å². The second-order valence-electron chi connectivity index (χ2n) is 9.88. The smallest absolute Gasteiger partial charge is 0.338 e. The van der Waals surface area contributed by atoms with Gasteiger partial charge in [0.05, 0.1) is 37.8 Å². The summed E-state index contributed by atoms with van der Waals surface area (Å²) in [6.07, 6.45) is 1.39. The molecular weight excluding hydrogens is 622 g/mol. The number of non-ortho nitro benzene ring substituents is 1. The molecule has 0 bridgehead atoms. The van der Waals surface area contributed by atoms with Crippen molar-refractivity contribution in [3.8, 4) is 5.75 Å². The van der Waals surface area contributed by atoms with Gasteiger partial charge in [0.25, 0.3) is 11.2 Å². The molecule has 0 fully saturated rings. The highest BCUT2D eigenvalue weighted by Gasteiger charge is 2.35. The van der Waals surface area contributed by atoms with Crippen molar-refractivity contribution in [2.75, 3.05) is 6.61 Å². The number of rotatable bonds is 7. The Morgan fingerprint density at radius 1 is 1.19 bits per heavy atom. The minimum Gasteiger partial charge on any atom is -0.506 e. The molecule has 0 saturated carbocycles. The lowest BCUT2D eigenvalue weighted by Gasteiger charge is -2.26. The van der Waals surface area contributed by atoms with E-state index in [-0.39, 0.29) is 44.1 Å². The molecule has 1 atom stereocenters. The largest absolute Gasteiger partial charge is 0.506 e. The standard InChI is InChI=1S/C31H26BrN3O6S/c1-4-41-30(38)25-26(19-8-6-5-7-9-19)33-31-34(27(25)20-12-10-18(11-13-20)17(2)3)29(37)24(42-31)15-21-14-22(35(39)40)16-23(32)28(21)36/h5-17,27,36H,4H2,1-3H3/b24-15-/t27-/m1/s1. The van der Waals surface area contributed by atoms with Crippen LogP contribution in [0.15, 0.2) is 86.6 Å². The van der Waals surface area contributed by atoms with Crippen LogP contribution >= 0.6 is 27.3 Å². The van der Waals surface area contributed by atoms with E-state index in [1.54, 1.807) is 6.92 Å². The molecule has 0 spiro atoms. The molecule has 11 heteroatoms. The van der Waals surface area contributed by atoms with Crippen molar-refractivity contribution in [3.05, 3.63) is 129 Å². The fraction of sp³-hybridized carbons (Fsp3) is 0.194. The van der Waals surface area contributed by atoms with E-state index in [0.717, 1.165) is 16.9 Å². The van der Waals surface area contributed by atoms with Crippen LogP contribution in [0.1, 0.15) is 55.0 Å². The maximum Gasteiger partial charge on any atom is 0.338 e. The maximum absolute atomic E-state index is 14.0. The van der Waals surface area contributed by atoms with Crippen LogP contribution in [0.5, 0.6) is 5.75 Å². The molecule has 42 heavy (non-hydrogen) atoms. The zero-order chi connectivity index (χ0) is 30.1. The Kier molecular flexibility index (Phi) is 8.24. The van der Waals surface area contributed by atoms with Crippen molar-refractivity contribution in [3.63, 3.8) is 0 Å². The van der Waals surface area contributed by atoms with Crippen LogP contribution in [-0.4, -0.2) is 27.2 Å². The average Bonchev–Trinajstić information content (AvgIpc) is 3.29. The van der Waals surface area contributed by atoms with E-state index in [4.69, 9.17) is 9.73 Å². The van der Waals surface area contributed by atoms with Gasteiger partial charge < -0.3 is 9.84 Å². The lowest BCUT2D eigenvalue weighted by atomic mass is 9.91. The van der Waals surface area contributed by atoms with Gasteiger partial charge in [0.2, 0.25) is 0 Å². The molecule has 0 amide bonds. The number of aromatic nitrogens is 1. The average molecular weight is 649 g/mol. The second-order valence-corrected chi connectivity index (χ2v) is 11.7. The molecule has 0 radical (unpaired) electrons. The first kappa shape index (κ1) is 29.2. The third kappa shape index (κ3) is 5.45. The Balaban J connectivity index is 1.83. The number of ether oxygens (including phenoxy) is 1. The van der Waals surface area contributed by atoms with Gasteiger partial charge in [-0.3, -0.25) is 19.5 Å². The number of aromatic hydroxyl groups is 1. The van der Waals surface area contributed by atoms with Crippen molar-refractivity contribution in [2.45, 2.75) is 32.7 Å². The van der Waals surface area contributed by atoms with Gasteiger partial charge in [-0.15, -0.1) is 0 Å². The Bertz CT molecular complexity index is 1910. The molecule has 1 N–H and O–H groups in total. The molecule has 0 aliphatic carbocycles. The molecule has 0 saturated heterocycles. The number of esters is 1. The van der Waals surface area contributed by atoms with Gasteiger partial charge in [-0.25, -0.2) is 9.79 Å². The summed E-state index contributed by atoms with van der Waals surface area (Å²) in [5.41, 5.74) is 2.46. The van der Waals surface area contributed by atoms with Crippen molar-refractivity contribution >= 4 is 50.7 Å². The van der Waals surface area contributed by atoms with E-state index in [9.17, 15) is 24.8 Å². The van der Waals surface area contributed by atoms with Crippen LogP contribution in [0.2, 0.25) is 0 Å². The number of nitro benzene ring substituents is 1. The van der Waals surface area contributed by atoms with Gasteiger partial charge in [0, 0.05) is 23.3 Å². The van der Waals surface area contributed by atoms with Gasteiger partial charge in [-0.1, -0.05) is 79.8 Å². The first-order chi connectivity index (χ1) is 20.1. The highest BCUT2D eigenvalue weighted by molar-refractivity contribution is 9.10. The van der Waals surface area contributed by atoms with Gasteiger partial charge >= 0.3 is 5.97 Å². The van der Waals surface area contributed by atoms with Gasteiger partial charge in [0.15, 0.2) is 4.80 Å². The summed E-state index contributed by atoms with van der Waals surface area (Å²) in [7, 11) is 0. The summed E-state index contributed by atoms with van der Waals surface area (Å²) in [6.45, 7) is 6.01. The quantitative estimate of drug-likeness (QED) is 0.162. The second kappa shape index (κ2) is 11.9. The molecular formula is C31H26BrN3O6S. The van der Waals surface area contributed by atoms with E-state index >= 15 is 0 Å². The molecule has 214 valence electrons. The first-order valence-electron chi connectivity index (χ1n) is 13.2. The fourth-order valence-electron chi connectivity index (χ4n) is 4.78. The number of phenolic OH excluding ortho intramolecular Hbond substituents is 1. The minimum absolute atomic E-state index is 0.0899. The van der Waals surface area contributed by atoms with Crippen molar-refractivity contribution in [1.82, 2.24) is 4.57 Å². The number of thiazole rings is 1. The summed E-state index contributed by atoms with van der Waals surface area (Å²) in [5.74, 6) is -0.556. The van der Waals surface area contributed by atoms with Crippen LogP contribution in [0.25, 0.3) is 11.8 Å². The van der Waals surface area contributed by atoms with Crippen molar-refractivity contribution in [1.29, 1.82) is 0 Å². The Morgan fingerprint density at radius 3 is 2.50 bits per heavy atom.